The molecule has 3 fully saturated rings. The Morgan fingerprint density at radius 2 is 1.67 bits per heavy atom. The van der Waals surface area contributed by atoms with Crippen molar-refractivity contribution in [1.29, 1.82) is 5.26 Å². The number of benzene rings is 1. The Labute approximate surface area is 270 Å². The van der Waals surface area contributed by atoms with Gasteiger partial charge in [0.1, 0.15) is 5.82 Å². The number of hydrogen-bond donors (Lipinski definition) is 2. The fourth-order valence-electron chi connectivity index (χ4n) is 6.49. The molecule has 1 amide bonds. The highest BCUT2D eigenvalue weighted by Gasteiger charge is 2.35. The van der Waals surface area contributed by atoms with Gasteiger partial charge in [0.2, 0.25) is 5.91 Å². The molecule has 2 N–H and O–H groups in total. The van der Waals surface area contributed by atoms with Crippen molar-refractivity contribution >= 4 is 35.5 Å². The van der Waals surface area contributed by atoms with Gasteiger partial charge in [0.25, 0.3) is 0 Å². The van der Waals surface area contributed by atoms with Crippen LogP contribution in [0.1, 0.15) is 36.8 Å². The van der Waals surface area contributed by atoms with Crippen molar-refractivity contribution in [2.75, 3.05) is 94.2 Å². The van der Waals surface area contributed by atoms with Crippen molar-refractivity contribution in [2.45, 2.75) is 31.9 Å². The van der Waals surface area contributed by atoms with Gasteiger partial charge in [-0.15, -0.1) is 12.4 Å². The lowest BCUT2D eigenvalue weighted by Gasteiger charge is -2.36. The van der Waals surface area contributed by atoms with Crippen LogP contribution in [0.5, 0.6) is 0 Å². The number of aromatic nitrogens is 1. The maximum atomic E-state index is 13.4. The van der Waals surface area contributed by atoms with E-state index in [2.05, 4.69) is 37.4 Å². The number of anilines is 3. The summed E-state index contributed by atoms with van der Waals surface area (Å²) in [6.45, 7) is 10.7. The highest BCUT2D eigenvalue weighted by molar-refractivity contribution is 5.92. The van der Waals surface area contributed by atoms with E-state index < -0.39 is 17.3 Å². The molecule has 2 aromatic rings. The predicted octanol–water partition coefficient (Wildman–Crippen LogP) is 4.30. The quantitative estimate of drug-likeness (QED) is 0.416. The Hall–Kier alpha value is -3.11. The van der Waals surface area contributed by atoms with Gasteiger partial charge in [-0.3, -0.25) is 9.69 Å². The van der Waals surface area contributed by atoms with E-state index >= 15 is 0 Å². The monoisotopic (exact) mass is 648 g/mol. The first-order chi connectivity index (χ1) is 21.2. The molecule has 0 bridgehead atoms. The van der Waals surface area contributed by atoms with Gasteiger partial charge in [0.05, 0.1) is 29.1 Å². The molecule has 1 aromatic heterocycles. The fraction of sp³-hybridized carbons (Fsp3) is 0.594. The Balaban J connectivity index is 0.00000461. The molecule has 0 atom stereocenters. The summed E-state index contributed by atoms with van der Waals surface area (Å²) < 4.78 is 40.2. The second-order valence-electron chi connectivity index (χ2n) is 12.3. The normalized spacial score (nSPS) is 18.8. The number of nitrogens with one attached hydrogen (secondary N) is 2. The standard InChI is InChI=1S/C32H43F3N8O.ClH/c1-40(18-19-41-16-10-37-11-17-41)23-24-6-12-43(13-7-24)28-4-5-30(38-22-28)39-31(44)25-8-14-42(15-9-25)27-3-2-26(21-36)29(20-27)32(33,34)35;/h2-5,20,22,24-25,37H,6-19,23H2,1H3,(H,38,39,44);1H. The number of nitriles is 1. The van der Waals surface area contributed by atoms with Crippen LogP contribution in [0.15, 0.2) is 36.5 Å². The second-order valence-corrected chi connectivity index (χ2v) is 12.3. The zero-order valence-corrected chi connectivity index (χ0v) is 26.7. The lowest BCUT2D eigenvalue weighted by atomic mass is 9.95. The van der Waals surface area contributed by atoms with Crippen LogP contribution in [0.25, 0.3) is 0 Å². The van der Waals surface area contributed by atoms with Crippen molar-refractivity contribution in [2.24, 2.45) is 11.8 Å². The van der Waals surface area contributed by atoms with Gasteiger partial charge in [0.15, 0.2) is 0 Å². The minimum Gasteiger partial charge on any atom is -0.371 e. The van der Waals surface area contributed by atoms with E-state index in [-0.39, 0.29) is 24.2 Å². The third-order valence-electron chi connectivity index (χ3n) is 9.22. The summed E-state index contributed by atoms with van der Waals surface area (Å²) in [7, 11) is 2.23. The molecule has 0 aliphatic carbocycles. The smallest absolute Gasteiger partial charge is 0.371 e. The third-order valence-corrected chi connectivity index (χ3v) is 9.22. The maximum Gasteiger partial charge on any atom is 0.417 e. The third kappa shape index (κ3) is 9.45. The molecule has 5 rings (SSSR count). The first kappa shape index (κ1) is 34.8. The van der Waals surface area contributed by atoms with Crippen LogP contribution in [0.2, 0.25) is 0 Å². The summed E-state index contributed by atoms with van der Waals surface area (Å²) in [5.41, 5.74) is 0.149. The van der Waals surface area contributed by atoms with Gasteiger partial charge < -0.3 is 25.3 Å². The number of piperidine rings is 2. The summed E-state index contributed by atoms with van der Waals surface area (Å²) in [4.78, 5) is 26.7. The van der Waals surface area contributed by atoms with E-state index in [0.29, 0.717) is 43.4 Å². The number of carbonyl (C=O) groups excluding carboxylic acids is 1. The largest absolute Gasteiger partial charge is 0.417 e. The van der Waals surface area contributed by atoms with Crippen LogP contribution in [0.4, 0.5) is 30.4 Å². The van der Waals surface area contributed by atoms with Crippen LogP contribution >= 0.6 is 12.4 Å². The van der Waals surface area contributed by atoms with Crippen LogP contribution < -0.4 is 20.4 Å². The lowest BCUT2D eigenvalue weighted by Crippen LogP contribution is -2.46. The van der Waals surface area contributed by atoms with Crippen molar-refractivity contribution in [1.82, 2.24) is 20.1 Å². The molecular formula is C32H44ClF3N8O. The maximum absolute atomic E-state index is 13.4. The van der Waals surface area contributed by atoms with E-state index in [0.717, 1.165) is 83.5 Å². The number of rotatable bonds is 9. The summed E-state index contributed by atoms with van der Waals surface area (Å²) >= 11 is 0. The first-order valence-electron chi connectivity index (χ1n) is 15.7. The van der Waals surface area contributed by atoms with Crippen LogP contribution in [0.3, 0.4) is 0 Å². The molecule has 3 saturated heterocycles. The van der Waals surface area contributed by atoms with Crippen molar-refractivity contribution in [3.8, 4) is 6.07 Å². The van der Waals surface area contributed by atoms with Crippen molar-refractivity contribution in [3.05, 3.63) is 47.7 Å². The van der Waals surface area contributed by atoms with E-state index in [4.69, 9.17) is 5.26 Å². The Morgan fingerprint density at radius 3 is 2.29 bits per heavy atom. The number of carbonyl (C=O) groups is 1. The molecule has 45 heavy (non-hydrogen) atoms. The number of nitrogens with zero attached hydrogens (tertiary/aromatic N) is 6. The van der Waals surface area contributed by atoms with Gasteiger partial charge in [-0.1, -0.05) is 0 Å². The highest BCUT2D eigenvalue weighted by Crippen LogP contribution is 2.35. The average Bonchev–Trinajstić information content (AvgIpc) is 3.04. The molecule has 13 heteroatoms. The number of likely N-dealkylation sites (N-methyl/N-ethyl adjacent to an activating group) is 1. The van der Waals surface area contributed by atoms with Crippen molar-refractivity contribution < 1.29 is 18.0 Å². The molecule has 9 nitrogen and oxygen atoms in total. The van der Waals surface area contributed by atoms with Gasteiger partial charge >= 0.3 is 6.18 Å². The van der Waals surface area contributed by atoms with E-state index in [1.165, 1.54) is 12.1 Å². The number of hydrogen-bond acceptors (Lipinski definition) is 8. The lowest BCUT2D eigenvalue weighted by molar-refractivity contribution is -0.137. The Kier molecular flexibility index (Phi) is 12.3. The van der Waals surface area contributed by atoms with E-state index in [1.807, 2.05) is 23.2 Å². The Morgan fingerprint density at radius 1 is 1.02 bits per heavy atom. The predicted molar refractivity (Wildman–Crippen MR) is 173 cm³/mol. The molecule has 3 aliphatic heterocycles. The molecular weight excluding hydrogens is 605 g/mol. The number of halogens is 4. The average molecular weight is 649 g/mol. The molecule has 3 aliphatic rings. The van der Waals surface area contributed by atoms with Gasteiger partial charge in [0, 0.05) is 83.6 Å². The van der Waals surface area contributed by atoms with Crippen molar-refractivity contribution in [3.63, 3.8) is 0 Å². The minimum atomic E-state index is -4.60. The molecule has 0 spiro atoms. The zero-order valence-electron chi connectivity index (χ0n) is 25.9. The van der Waals surface area contributed by atoms with E-state index in [9.17, 15) is 18.0 Å². The van der Waals surface area contributed by atoms with Gasteiger partial charge in [-0.05, 0) is 69.0 Å². The topological polar surface area (TPSA) is 90.8 Å². The van der Waals surface area contributed by atoms with Crippen LogP contribution in [-0.4, -0.2) is 99.7 Å². The van der Waals surface area contributed by atoms with Gasteiger partial charge in [-0.25, -0.2) is 4.98 Å². The number of amides is 1. The minimum absolute atomic E-state index is 0. The molecule has 4 heterocycles. The summed E-state index contributed by atoms with van der Waals surface area (Å²) in [6.07, 6.45) is 0.557. The number of piperazine rings is 1. The van der Waals surface area contributed by atoms with E-state index in [1.54, 1.807) is 6.07 Å². The summed E-state index contributed by atoms with van der Waals surface area (Å²) in [6, 6.07) is 9.24. The molecule has 0 saturated carbocycles. The summed E-state index contributed by atoms with van der Waals surface area (Å²) in [5.74, 6) is 0.828. The second kappa shape index (κ2) is 15.9. The first-order valence-corrected chi connectivity index (χ1v) is 15.7. The molecule has 0 unspecified atom stereocenters. The molecule has 0 radical (unpaired) electrons. The van der Waals surface area contributed by atoms with Crippen LogP contribution in [-0.2, 0) is 11.0 Å². The Bertz CT molecular complexity index is 1280. The SMILES string of the molecule is CN(CCN1CCNCC1)CC1CCN(c2ccc(NC(=O)C3CCN(c4ccc(C#N)c(C(F)(F)F)c4)CC3)nc2)CC1.Cl. The molecule has 246 valence electrons. The zero-order chi connectivity index (χ0) is 31.1. The molecule has 1 aromatic carbocycles. The van der Waals surface area contributed by atoms with Gasteiger partial charge in [-0.2, -0.15) is 18.4 Å². The fourth-order valence-corrected chi connectivity index (χ4v) is 6.49. The number of alkyl halides is 3. The summed E-state index contributed by atoms with van der Waals surface area (Å²) in [5, 5.41) is 15.4. The number of pyridine rings is 1. The van der Waals surface area contributed by atoms with Crippen LogP contribution in [0, 0.1) is 23.2 Å². The highest BCUT2D eigenvalue weighted by atomic mass is 35.5.